The minimum absolute atomic E-state index is 0.0174. The first-order valence-corrected chi connectivity index (χ1v) is 9.96. The predicted octanol–water partition coefficient (Wildman–Crippen LogP) is 3.58. The molecule has 0 spiro atoms. The molecular formula is C21H30O5. The molecule has 1 unspecified atom stereocenters. The van der Waals surface area contributed by atoms with E-state index in [2.05, 4.69) is 12.2 Å². The Bertz CT molecular complexity index is 547. The maximum absolute atomic E-state index is 11.7. The van der Waals surface area contributed by atoms with Crippen molar-refractivity contribution in [3.8, 4) is 0 Å². The van der Waals surface area contributed by atoms with Gasteiger partial charge in [-0.3, -0.25) is 4.79 Å². The van der Waals surface area contributed by atoms with Crippen LogP contribution in [-0.2, 0) is 23.8 Å². The summed E-state index contributed by atoms with van der Waals surface area (Å²) in [7, 11) is 0. The van der Waals surface area contributed by atoms with E-state index in [0.29, 0.717) is 31.3 Å². The van der Waals surface area contributed by atoms with Crippen molar-refractivity contribution >= 4 is 12.3 Å². The van der Waals surface area contributed by atoms with Crippen LogP contribution in [0, 0.1) is 17.8 Å². The van der Waals surface area contributed by atoms with Gasteiger partial charge in [0.05, 0.1) is 12.7 Å². The van der Waals surface area contributed by atoms with Gasteiger partial charge in [-0.25, -0.2) is 0 Å². The van der Waals surface area contributed by atoms with Crippen molar-refractivity contribution in [2.24, 2.45) is 17.8 Å². The van der Waals surface area contributed by atoms with E-state index in [9.17, 15) is 9.59 Å². The summed E-state index contributed by atoms with van der Waals surface area (Å²) in [6.07, 6.45) is 13.4. The summed E-state index contributed by atoms with van der Waals surface area (Å²) < 4.78 is 16.7. The largest absolute Gasteiger partial charge is 0.466 e. The summed E-state index contributed by atoms with van der Waals surface area (Å²) >= 11 is 0. The summed E-state index contributed by atoms with van der Waals surface area (Å²) in [6, 6.07) is 0. The van der Waals surface area contributed by atoms with Gasteiger partial charge in [0.1, 0.15) is 6.29 Å². The highest BCUT2D eigenvalue weighted by Crippen LogP contribution is 2.47. The Hall–Kier alpha value is -1.46. The quantitative estimate of drug-likeness (QED) is 0.488. The average molecular weight is 362 g/mol. The van der Waals surface area contributed by atoms with Crippen LogP contribution in [0.1, 0.15) is 51.9 Å². The van der Waals surface area contributed by atoms with Crippen LogP contribution in [-0.4, -0.2) is 37.9 Å². The topological polar surface area (TPSA) is 61.8 Å². The Balaban J connectivity index is 1.49. The number of rotatable bonds is 8. The van der Waals surface area contributed by atoms with Gasteiger partial charge in [-0.15, -0.1) is 0 Å². The predicted molar refractivity (Wildman–Crippen MR) is 97.3 cm³/mol. The highest BCUT2D eigenvalue weighted by atomic mass is 16.7. The molecule has 0 N–H and O–H groups in total. The van der Waals surface area contributed by atoms with Crippen LogP contribution in [0.25, 0.3) is 0 Å². The third-order valence-electron chi connectivity index (χ3n) is 5.65. The van der Waals surface area contributed by atoms with Crippen molar-refractivity contribution in [3.63, 3.8) is 0 Å². The number of hydrogen-bond acceptors (Lipinski definition) is 5. The van der Waals surface area contributed by atoms with Crippen LogP contribution in [0.15, 0.2) is 23.8 Å². The van der Waals surface area contributed by atoms with Gasteiger partial charge in [-0.1, -0.05) is 23.8 Å². The molecule has 0 radical (unpaired) electrons. The lowest BCUT2D eigenvalue weighted by Crippen LogP contribution is -2.32. The summed E-state index contributed by atoms with van der Waals surface area (Å²) in [4.78, 5) is 23.0. The lowest BCUT2D eigenvalue weighted by molar-refractivity contribution is -0.194. The molecule has 5 atom stereocenters. The lowest BCUT2D eigenvalue weighted by atomic mass is 9.91. The van der Waals surface area contributed by atoms with E-state index < -0.39 is 0 Å². The highest BCUT2D eigenvalue weighted by molar-refractivity contribution is 5.69. The second kappa shape index (κ2) is 9.47. The number of hydrogen-bond donors (Lipinski definition) is 0. The molecule has 2 aliphatic carbocycles. The van der Waals surface area contributed by atoms with E-state index >= 15 is 0 Å². The molecule has 1 heterocycles. The van der Waals surface area contributed by atoms with Crippen molar-refractivity contribution in [2.45, 2.75) is 64.3 Å². The smallest absolute Gasteiger partial charge is 0.306 e. The summed E-state index contributed by atoms with van der Waals surface area (Å²) in [6.45, 7) is 3.01. The monoisotopic (exact) mass is 362 g/mol. The molecule has 1 saturated heterocycles. The zero-order valence-electron chi connectivity index (χ0n) is 15.6. The van der Waals surface area contributed by atoms with Gasteiger partial charge in [-0.05, 0) is 57.3 Å². The SMILES string of the molecule is CCOC(=O)CC/C=C\C1=C[C@H]2C[C@@H](OC3CCCCO3)[C@H](C=O)[C@H]2C1. The number of carbonyl (C=O) groups excluding carboxylic acids is 2. The molecule has 0 bridgehead atoms. The number of ether oxygens (including phenoxy) is 3. The molecule has 0 aromatic heterocycles. The van der Waals surface area contributed by atoms with E-state index in [1.165, 1.54) is 5.57 Å². The standard InChI is InChI=1S/C21H30O5/c1-2-24-20(23)8-4-3-7-15-11-16-13-19(18(14-22)17(16)12-15)26-21-9-5-6-10-25-21/h3,7,11,14,16-19,21H,2,4-6,8-10,12-13H2,1H3/b7-3-/t16-,17-,18+,19+,21?/m0/s1. The molecule has 5 heteroatoms. The van der Waals surface area contributed by atoms with Crippen LogP contribution in [0.3, 0.4) is 0 Å². The van der Waals surface area contributed by atoms with Gasteiger partial charge in [-0.2, -0.15) is 0 Å². The van der Waals surface area contributed by atoms with Crippen molar-refractivity contribution < 1.29 is 23.8 Å². The normalized spacial score (nSPS) is 33.9. The fraction of sp³-hybridized carbons (Fsp3) is 0.714. The summed E-state index contributed by atoms with van der Waals surface area (Å²) in [5.74, 6) is 0.543. The van der Waals surface area contributed by atoms with Crippen molar-refractivity contribution in [1.82, 2.24) is 0 Å². The first-order valence-electron chi connectivity index (χ1n) is 9.96. The average Bonchev–Trinajstić information content (AvgIpc) is 3.16. The second-order valence-electron chi connectivity index (χ2n) is 7.44. The number of esters is 1. The molecular weight excluding hydrogens is 332 g/mol. The van der Waals surface area contributed by atoms with Crippen LogP contribution in [0.5, 0.6) is 0 Å². The summed E-state index contributed by atoms with van der Waals surface area (Å²) in [5, 5.41) is 0. The molecule has 26 heavy (non-hydrogen) atoms. The maximum Gasteiger partial charge on any atom is 0.306 e. The first kappa shape index (κ1) is 19.3. The number of fused-ring (bicyclic) bond motifs is 1. The zero-order chi connectivity index (χ0) is 18.4. The van der Waals surface area contributed by atoms with Crippen LogP contribution < -0.4 is 0 Å². The Morgan fingerprint density at radius 1 is 1.38 bits per heavy atom. The molecule has 1 saturated carbocycles. The van der Waals surface area contributed by atoms with Gasteiger partial charge >= 0.3 is 5.97 Å². The molecule has 0 aromatic carbocycles. The molecule has 2 fully saturated rings. The minimum Gasteiger partial charge on any atom is -0.466 e. The van der Waals surface area contributed by atoms with E-state index in [0.717, 1.165) is 45.0 Å². The van der Waals surface area contributed by atoms with Crippen LogP contribution in [0.2, 0.25) is 0 Å². The maximum atomic E-state index is 11.7. The molecule has 3 aliphatic rings. The Morgan fingerprint density at radius 2 is 2.27 bits per heavy atom. The van der Waals surface area contributed by atoms with Crippen molar-refractivity contribution in [1.29, 1.82) is 0 Å². The van der Waals surface area contributed by atoms with E-state index in [1.807, 2.05) is 13.0 Å². The lowest BCUT2D eigenvalue weighted by Gasteiger charge is -2.28. The Labute approximate surface area is 155 Å². The molecule has 0 amide bonds. The fourth-order valence-corrected chi connectivity index (χ4v) is 4.40. The zero-order valence-corrected chi connectivity index (χ0v) is 15.6. The van der Waals surface area contributed by atoms with E-state index in [1.54, 1.807) is 0 Å². The number of carbonyl (C=O) groups is 2. The minimum atomic E-state index is -0.152. The fourth-order valence-electron chi connectivity index (χ4n) is 4.40. The Morgan fingerprint density at radius 3 is 3.00 bits per heavy atom. The first-order chi connectivity index (χ1) is 12.7. The second-order valence-corrected chi connectivity index (χ2v) is 7.44. The molecule has 0 aromatic rings. The van der Waals surface area contributed by atoms with E-state index in [-0.39, 0.29) is 24.3 Å². The Kier molecular flexibility index (Phi) is 7.03. The summed E-state index contributed by atoms with van der Waals surface area (Å²) in [5.41, 5.74) is 1.27. The molecule has 5 nitrogen and oxygen atoms in total. The number of aldehydes is 1. The van der Waals surface area contributed by atoms with Crippen LogP contribution in [0.4, 0.5) is 0 Å². The third-order valence-corrected chi connectivity index (χ3v) is 5.65. The molecule has 144 valence electrons. The van der Waals surface area contributed by atoms with Gasteiger partial charge in [0.2, 0.25) is 0 Å². The van der Waals surface area contributed by atoms with Crippen molar-refractivity contribution in [2.75, 3.05) is 13.2 Å². The van der Waals surface area contributed by atoms with Gasteiger partial charge in [0, 0.05) is 18.9 Å². The van der Waals surface area contributed by atoms with E-state index in [4.69, 9.17) is 14.2 Å². The third kappa shape index (κ3) is 4.83. The van der Waals surface area contributed by atoms with Gasteiger partial charge < -0.3 is 19.0 Å². The van der Waals surface area contributed by atoms with Gasteiger partial charge in [0.25, 0.3) is 0 Å². The highest BCUT2D eigenvalue weighted by Gasteiger charge is 2.46. The molecule has 1 aliphatic heterocycles. The van der Waals surface area contributed by atoms with Crippen molar-refractivity contribution in [3.05, 3.63) is 23.8 Å². The molecule has 3 rings (SSSR count). The number of allylic oxidation sites excluding steroid dienone is 4. The van der Waals surface area contributed by atoms with Gasteiger partial charge in [0.15, 0.2) is 6.29 Å². The van der Waals surface area contributed by atoms with Crippen LogP contribution >= 0.6 is 0 Å².